The second-order valence-electron chi connectivity index (χ2n) is 4.96. The minimum absolute atomic E-state index is 0.292. The molecule has 1 aromatic carbocycles. The first-order chi connectivity index (χ1) is 10.2. The van der Waals surface area contributed by atoms with Crippen molar-refractivity contribution in [2.75, 3.05) is 6.61 Å². The van der Waals surface area contributed by atoms with Crippen molar-refractivity contribution in [2.45, 2.75) is 33.6 Å². The molecule has 0 bridgehead atoms. The highest BCUT2D eigenvalue weighted by molar-refractivity contribution is 5.90. The first-order valence-corrected chi connectivity index (χ1v) is 7.36. The van der Waals surface area contributed by atoms with E-state index in [0.717, 1.165) is 29.8 Å². The quantitative estimate of drug-likeness (QED) is 0.785. The van der Waals surface area contributed by atoms with Crippen LogP contribution in [0.1, 0.15) is 46.7 Å². The van der Waals surface area contributed by atoms with E-state index in [1.807, 2.05) is 38.1 Å². The maximum atomic E-state index is 12.0. The number of esters is 1. The van der Waals surface area contributed by atoms with Gasteiger partial charge in [-0.1, -0.05) is 37.3 Å². The van der Waals surface area contributed by atoms with Gasteiger partial charge in [-0.2, -0.15) is 0 Å². The number of nitrogens with zero attached hydrogens (tertiary/aromatic N) is 1. The Bertz CT molecular complexity index is 621. The molecular weight excluding hydrogens is 262 g/mol. The molecule has 0 saturated carbocycles. The number of carbonyl (C=O) groups is 1. The first kappa shape index (κ1) is 15.2. The molecule has 0 unspecified atom stereocenters. The molecular formula is C18H21NO2. The lowest BCUT2D eigenvalue weighted by Crippen LogP contribution is -2.11. The normalized spacial score (nSPS) is 10.4. The summed E-state index contributed by atoms with van der Waals surface area (Å²) in [5, 5.41) is 0. The van der Waals surface area contributed by atoms with E-state index in [2.05, 4.69) is 24.0 Å². The fourth-order valence-corrected chi connectivity index (χ4v) is 2.39. The summed E-state index contributed by atoms with van der Waals surface area (Å²) in [4.78, 5) is 16.6. The monoisotopic (exact) mass is 283 g/mol. The van der Waals surface area contributed by atoms with Gasteiger partial charge in [-0.05, 0) is 43.9 Å². The number of hydrogen-bond acceptors (Lipinski definition) is 3. The smallest absolute Gasteiger partial charge is 0.339 e. The number of carbonyl (C=O) groups excluding carboxylic acids is 1. The predicted octanol–water partition coefficient (Wildman–Crippen LogP) is 3.72. The van der Waals surface area contributed by atoms with Gasteiger partial charge in [0.05, 0.1) is 17.9 Å². The van der Waals surface area contributed by atoms with Crippen molar-refractivity contribution in [1.29, 1.82) is 0 Å². The molecule has 0 fully saturated rings. The summed E-state index contributed by atoms with van der Waals surface area (Å²) >= 11 is 0. The van der Waals surface area contributed by atoms with Crippen LogP contribution in [-0.4, -0.2) is 17.6 Å². The van der Waals surface area contributed by atoms with Crippen LogP contribution in [0, 0.1) is 6.92 Å². The minimum atomic E-state index is -0.292. The number of hydrogen-bond donors (Lipinski definition) is 0. The van der Waals surface area contributed by atoms with Gasteiger partial charge in [0, 0.05) is 5.69 Å². The van der Waals surface area contributed by atoms with Gasteiger partial charge in [0.1, 0.15) is 0 Å². The molecule has 1 heterocycles. The van der Waals surface area contributed by atoms with Crippen LogP contribution in [0.5, 0.6) is 0 Å². The summed E-state index contributed by atoms with van der Waals surface area (Å²) in [6, 6.07) is 12.2. The first-order valence-electron chi connectivity index (χ1n) is 7.36. The molecule has 0 radical (unpaired) electrons. The van der Waals surface area contributed by atoms with E-state index in [1.165, 1.54) is 5.56 Å². The van der Waals surface area contributed by atoms with Crippen molar-refractivity contribution in [1.82, 2.24) is 4.98 Å². The maximum Gasteiger partial charge on any atom is 0.339 e. The van der Waals surface area contributed by atoms with Crippen LogP contribution in [0.15, 0.2) is 36.4 Å². The zero-order valence-electron chi connectivity index (χ0n) is 12.8. The van der Waals surface area contributed by atoms with Crippen LogP contribution >= 0.6 is 0 Å². The lowest BCUT2D eigenvalue weighted by Gasteiger charge is -2.12. The summed E-state index contributed by atoms with van der Waals surface area (Å²) in [6.45, 7) is 6.13. The van der Waals surface area contributed by atoms with Crippen molar-refractivity contribution in [3.63, 3.8) is 0 Å². The summed E-state index contributed by atoms with van der Waals surface area (Å²) < 4.78 is 5.11. The molecule has 2 rings (SSSR count). The van der Waals surface area contributed by atoms with E-state index in [4.69, 9.17) is 4.74 Å². The molecule has 0 saturated heterocycles. The summed E-state index contributed by atoms with van der Waals surface area (Å²) in [7, 11) is 0. The number of ether oxygens (including phenoxy) is 1. The van der Waals surface area contributed by atoms with Crippen LogP contribution in [0.3, 0.4) is 0 Å². The summed E-state index contributed by atoms with van der Waals surface area (Å²) in [5.74, 6) is -0.292. The fraction of sp³-hybridized carbons (Fsp3) is 0.333. The van der Waals surface area contributed by atoms with E-state index in [1.54, 1.807) is 0 Å². The molecule has 2 aromatic rings. The molecule has 21 heavy (non-hydrogen) atoms. The largest absolute Gasteiger partial charge is 0.462 e. The Morgan fingerprint density at radius 2 is 1.90 bits per heavy atom. The van der Waals surface area contributed by atoms with Crippen LogP contribution in [0.25, 0.3) is 0 Å². The topological polar surface area (TPSA) is 39.2 Å². The minimum Gasteiger partial charge on any atom is -0.462 e. The standard InChI is InChI=1S/C18H21NO2/c1-4-17-15(11-14-9-7-6-8-10-14)12-16(13(3)19-17)18(20)21-5-2/h6-10,12H,4-5,11H2,1-3H3. The average molecular weight is 283 g/mol. The Morgan fingerprint density at radius 1 is 1.19 bits per heavy atom. The van der Waals surface area contributed by atoms with Gasteiger partial charge in [0.25, 0.3) is 0 Å². The number of rotatable bonds is 5. The van der Waals surface area contributed by atoms with Crippen molar-refractivity contribution in [3.8, 4) is 0 Å². The molecule has 1 aromatic heterocycles. The van der Waals surface area contributed by atoms with Gasteiger partial charge in [0.15, 0.2) is 0 Å². The second kappa shape index (κ2) is 7.02. The lowest BCUT2D eigenvalue weighted by atomic mass is 9.99. The molecule has 3 nitrogen and oxygen atoms in total. The van der Waals surface area contributed by atoms with Crippen LogP contribution in [0.4, 0.5) is 0 Å². The van der Waals surface area contributed by atoms with E-state index in [-0.39, 0.29) is 5.97 Å². The van der Waals surface area contributed by atoms with Crippen LogP contribution < -0.4 is 0 Å². The van der Waals surface area contributed by atoms with E-state index < -0.39 is 0 Å². The molecule has 0 aliphatic heterocycles. The fourth-order valence-electron chi connectivity index (χ4n) is 2.39. The lowest BCUT2D eigenvalue weighted by molar-refractivity contribution is 0.0525. The van der Waals surface area contributed by atoms with Crippen molar-refractivity contribution in [3.05, 3.63) is 64.5 Å². The van der Waals surface area contributed by atoms with Crippen LogP contribution in [0.2, 0.25) is 0 Å². The number of pyridine rings is 1. The third-order valence-electron chi connectivity index (χ3n) is 3.45. The molecule has 0 aliphatic rings. The van der Waals surface area contributed by atoms with Crippen LogP contribution in [-0.2, 0) is 17.6 Å². The number of aryl methyl sites for hydroxylation is 2. The number of aromatic nitrogens is 1. The molecule has 110 valence electrons. The second-order valence-corrected chi connectivity index (χ2v) is 4.96. The highest BCUT2D eigenvalue weighted by atomic mass is 16.5. The zero-order chi connectivity index (χ0) is 15.2. The van der Waals surface area contributed by atoms with Gasteiger partial charge in [-0.25, -0.2) is 4.79 Å². The van der Waals surface area contributed by atoms with Crippen molar-refractivity contribution in [2.24, 2.45) is 0 Å². The maximum absolute atomic E-state index is 12.0. The third kappa shape index (κ3) is 3.69. The summed E-state index contributed by atoms with van der Waals surface area (Å²) in [5.41, 5.74) is 4.66. The highest BCUT2D eigenvalue weighted by Gasteiger charge is 2.15. The zero-order valence-corrected chi connectivity index (χ0v) is 12.8. The van der Waals surface area contributed by atoms with Gasteiger partial charge >= 0.3 is 5.97 Å². The van der Waals surface area contributed by atoms with Gasteiger partial charge < -0.3 is 4.74 Å². The highest BCUT2D eigenvalue weighted by Crippen LogP contribution is 2.18. The van der Waals surface area contributed by atoms with E-state index in [9.17, 15) is 4.79 Å². The van der Waals surface area contributed by atoms with Gasteiger partial charge in [0.2, 0.25) is 0 Å². The molecule has 0 amide bonds. The summed E-state index contributed by atoms with van der Waals surface area (Å²) in [6.07, 6.45) is 1.63. The Balaban J connectivity index is 2.38. The Morgan fingerprint density at radius 3 is 2.52 bits per heavy atom. The third-order valence-corrected chi connectivity index (χ3v) is 3.45. The molecule has 3 heteroatoms. The van der Waals surface area contributed by atoms with Crippen molar-refractivity contribution >= 4 is 5.97 Å². The molecule has 0 spiro atoms. The molecule has 0 N–H and O–H groups in total. The molecule has 0 atom stereocenters. The Kier molecular flexibility index (Phi) is 5.09. The average Bonchev–Trinajstić information content (AvgIpc) is 2.50. The van der Waals surface area contributed by atoms with Gasteiger partial charge in [-0.15, -0.1) is 0 Å². The Hall–Kier alpha value is -2.16. The van der Waals surface area contributed by atoms with Gasteiger partial charge in [-0.3, -0.25) is 4.98 Å². The van der Waals surface area contributed by atoms with E-state index in [0.29, 0.717) is 12.2 Å². The van der Waals surface area contributed by atoms with E-state index >= 15 is 0 Å². The predicted molar refractivity (Wildman–Crippen MR) is 83.6 cm³/mol. The van der Waals surface area contributed by atoms with Crippen molar-refractivity contribution < 1.29 is 9.53 Å². The number of benzene rings is 1. The SMILES string of the molecule is CCOC(=O)c1cc(Cc2ccccc2)c(CC)nc1C. The Labute approximate surface area is 126 Å². The molecule has 0 aliphatic carbocycles.